The normalized spacial score (nSPS) is 18.7. The van der Waals surface area contributed by atoms with E-state index in [9.17, 15) is 0 Å². The van der Waals surface area contributed by atoms with Crippen LogP contribution in [0.25, 0.3) is 0 Å². The van der Waals surface area contributed by atoms with Crippen molar-refractivity contribution in [3.05, 3.63) is 58.7 Å². The zero-order chi connectivity index (χ0) is 29.8. The maximum atomic E-state index is 6.39. The molecule has 0 aromatic heterocycles. The van der Waals surface area contributed by atoms with Crippen molar-refractivity contribution in [1.82, 2.24) is 0 Å². The van der Waals surface area contributed by atoms with Gasteiger partial charge in [0, 0.05) is 0 Å². The minimum atomic E-state index is -0.137. The van der Waals surface area contributed by atoms with Gasteiger partial charge < -0.3 is 9.47 Å². The van der Waals surface area contributed by atoms with E-state index in [1.165, 1.54) is 47.9 Å². The van der Waals surface area contributed by atoms with Crippen molar-refractivity contribution in [1.29, 1.82) is 0 Å². The molecule has 2 saturated carbocycles. The number of para-hydroxylation sites is 2. The third-order valence-electron chi connectivity index (χ3n) is 8.89. The van der Waals surface area contributed by atoms with Crippen molar-refractivity contribution in [3.63, 3.8) is 0 Å². The zero-order valence-corrected chi connectivity index (χ0v) is 28.0. The van der Waals surface area contributed by atoms with E-state index in [-0.39, 0.29) is 11.2 Å². The average molecular weight is 549 g/mol. The molecule has 2 heteroatoms. The van der Waals surface area contributed by atoms with Crippen LogP contribution in [-0.2, 0) is 0 Å². The summed E-state index contributed by atoms with van der Waals surface area (Å²) in [4.78, 5) is 0. The lowest BCUT2D eigenvalue weighted by Gasteiger charge is -2.29. The van der Waals surface area contributed by atoms with Crippen LogP contribution in [0, 0.1) is 11.8 Å². The second kappa shape index (κ2) is 13.3. The standard InChI is InChI=1S/2C19H30O/c2*1-7-13(2)16-9-8-10-17(14(3)15-11-12-15)18(16)20-19(4,5)6/h2*8-10,13-15H,7,11-12H2,1-6H3/t13-,14+;13-,14-/m00/s1. The van der Waals surface area contributed by atoms with E-state index in [2.05, 4.69) is 119 Å². The van der Waals surface area contributed by atoms with E-state index < -0.39 is 0 Å². The monoisotopic (exact) mass is 548 g/mol. The lowest BCUT2D eigenvalue weighted by Crippen LogP contribution is -2.25. The molecule has 2 aromatic rings. The summed E-state index contributed by atoms with van der Waals surface area (Å²) in [5.74, 6) is 6.40. The molecule has 4 atom stereocenters. The summed E-state index contributed by atoms with van der Waals surface area (Å²) < 4.78 is 12.8. The van der Waals surface area contributed by atoms with E-state index in [1.807, 2.05) is 0 Å². The molecule has 2 nitrogen and oxygen atoms in total. The first-order valence-corrected chi connectivity index (χ1v) is 16.3. The van der Waals surface area contributed by atoms with Crippen LogP contribution in [0.2, 0.25) is 0 Å². The Morgan fingerprint density at radius 2 is 0.875 bits per heavy atom. The van der Waals surface area contributed by atoms with Gasteiger partial charge in [0.05, 0.1) is 0 Å². The fourth-order valence-electron chi connectivity index (χ4n) is 5.63. The molecule has 0 radical (unpaired) electrons. The van der Waals surface area contributed by atoms with Crippen molar-refractivity contribution in [2.45, 2.75) is 156 Å². The quantitative estimate of drug-likeness (QED) is 0.294. The Hall–Kier alpha value is -1.96. The van der Waals surface area contributed by atoms with E-state index in [1.54, 1.807) is 0 Å². The van der Waals surface area contributed by atoms with Crippen molar-refractivity contribution >= 4 is 0 Å². The highest BCUT2D eigenvalue weighted by Crippen LogP contribution is 2.48. The molecule has 2 aliphatic carbocycles. The predicted molar refractivity (Wildman–Crippen MR) is 173 cm³/mol. The zero-order valence-electron chi connectivity index (χ0n) is 28.0. The number of hydrogen-bond donors (Lipinski definition) is 0. The van der Waals surface area contributed by atoms with Crippen LogP contribution in [0.3, 0.4) is 0 Å². The molecule has 0 saturated heterocycles. The van der Waals surface area contributed by atoms with Gasteiger partial charge >= 0.3 is 0 Å². The first kappa shape index (κ1) is 32.6. The molecule has 2 aliphatic rings. The largest absolute Gasteiger partial charge is 0.488 e. The van der Waals surface area contributed by atoms with Gasteiger partial charge in [0.2, 0.25) is 0 Å². The van der Waals surface area contributed by atoms with E-state index in [0.717, 1.165) is 36.2 Å². The third-order valence-corrected chi connectivity index (χ3v) is 8.89. The van der Waals surface area contributed by atoms with Crippen LogP contribution in [0.15, 0.2) is 36.4 Å². The molecule has 0 N–H and O–H groups in total. The highest BCUT2D eigenvalue weighted by Gasteiger charge is 2.33. The molecule has 0 spiro atoms. The predicted octanol–water partition coefficient (Wildman–Crippen LogP) is 11.8. The number of rotatable bonds is 10. The average Bonchev–Trinajstić information content (AvgIpc) is 3.79. The number of ether oxygens (including phenoxy) is 2. The van der Waals surface area contributed by atoms with Gasteiger partial charge in [-0.2, -0.15) is 0 Å². The molecular weight excluding hydrogens is 488 g/mol. The molecule has 4 rings (SSSR count). The third kappa shape index (κ3) is 9.02. The van der Waals surface area contributed by atoms with Crippen LogP contribution in [0.5, 0.6) is 11.5 Å². The summed E-state index contributed by atoms with van der Waals surface area (Å²) in [6.45, 7) is 26.7. The van der Waals surface area contributed by atoms with E-state index in [0.29, 0.717) is 23.7 Å². The lowest BCUT2D eigenvalue weighted by atomic mass is 9.89. The van der Waals surface area contributed by atoms with Gasteiger partial charge in [0.15, 0.2) is 0 Å². The van der Waals surface area contributed by atoms with Crippen molar-refractivity contribution < 1.29 is 9.47 Å². The topological polar surface area (TPSA) is 18.5 Å². The summed E-state index contributed by atoms with van der Waals surface area (Å²) >= 11 is 0. The van der Waals surface area contributed by atoms with Crippen molar-refractivity contribution in [2.75, 3.05) is 0 Å². The molecule has 0 bridgehead atoms. The van der Waals surface area contributed by atoms with Gasteiger partial charge in [-0.15, -0.1) is 0 Å². The van der Waals surface area contributed by atoms with Crippen LogP contribution >= 0.6 is 0 Å². The van der Waals surface area contributed by atoms with Crippen LogP contribution < -0.4 is 9.47 Å². The van der Waals surface area contributed by atoms with Gasteiger partial charge in [-0.1, -0.05) is 77.9 Å². The lowest BCUT2D eigenvalue weighted by molar-refractivity contribution is 0.126. The van der Waals surface area contributed by atoms with Gasteiger partial charge in [0.25, 0.3) is 0 Å². The van der Waals surface area contributed by atoms with Gasteiger partial charge in [-0.25, -0.2) is 0 Å². The van der Waals surface area contributed by atoms with Crippen molar-refractivity contribution in [3.8, 4) is 11.5 Å². The SMILES string of the molecule is CC[C@H](C)c1cccc([C@@H](C)C2CC2)c1OC(C)(C)C.CC[C@H](C)c1cccc([C@H](C)C2CC2)c1OC(C)(C)C. The van der Waals surface area contributed by atoms with E-state index in [4.69, 9.17) is 9.47 Å². The molecular formula is C38H60O2. The molecule has 224 valence electrons. The highest BCUT2D eigenvalue weighted by molar-refractivity contribution is 5.47. The fourth-order valence-corrected chi connectivity index (χ4v) is 5.63. The molecule has 2 fully saturated rings. The van der Waals surface area contributed by atoms with Gasteiger partial charge in [-0.3, -0.25) is 0 Å². The Morgan fingerprint density at radius 1 is 0.575 bits per heavy atom. The molecule has 40 heavy (non-hydrogen) atoms. The molecule has 2 aromatic carbocycles. The van der Waals surface area contributed by atoms with Crippen molar-refractivity contribution in [2.24, 2.45) is 11.8 Å². The minimum absolute atomic E-state index is 0.137. The van der Waals surface area contributed by atoms with Gasteiger partial charge in [0.1, 0.15) is 22.7 Å². The Morgan fingerprint density at radius 3 is 1.12 bits per heavy atom. The second-order valence-corrected chi connectivity index (χ2v) is 14.8. The Balaban J connectivity index is 0.000000220. The highest BCUT2D eigenvalue weighted by atomic mass is 16.5. The molecule has 0 aliphatic heterocycles. The summed E-state index contributed by atoms with van der Waals surface area (Å²) in [6.07, 6.45) is 7.82. The minimum Gasteiger partial charge on any atom is -0.488 e. The summed E-state index contributed by atoms with van der Waals surface area (Å²) in [5, 5.41) is 0. The number of benzene rings is 2. The Bertz CT molecular complexity index is 990. The molecule has 0 heterocycles. The van der Waals surface area contributed by atoms with Gasteiger partial charge in [-0.05, 0) is 138 Å². The molecule has 0 amide bonds. The second-order valence-electron chi connectivity index (χ2n) is 14.8. The fraction of sp³-hybridized carbons (Fsp3) is 0.684. The summed E-state index contributed by atoms with van der Waals surface area (Å²) in [5.41, 5.74) is 5.32. The maximum Gasteiger partial charge on any atom is 0.127 e. The van der Waals surface area contributed by atoms with Crippen LogP contribution in [0.1, 0.15) is 168 Å². The summed E-state index contributed by atoms with van der Waals surface area (Å²) in [6, 6.07) is 13.5. The van der Waals surface area contributed by atoms with Crippen LogP contribution in [-0.4, -0.2) is 11.2 Å². The maximum absolute atomic E-state index is 6.39. The first-order chi connectivity index (χ1) is 18.7. The summed E-state index contributed by atoms with van der Waals surface area (Å²) in [7, 11) is 0. The number of hydrogen-bond acceptors (Lipinski definition) is 2. The Labute approximate surface area is 247 Å². The molecule has 0 unspecified atom stereocenters. The van der Waals surface area contributed by atoms with Crippen LogP contribution in [0.4, 0.5) is 0 Å². The Kier molecular flexibility index (Phi) is 10.9. The first-order valence-electron chi connectivity index (χ1n) is 16.3. The van der Waals surface area contributed by atoms with E-state index >= 15 is 0 Å². The smallest absolute Gasteiger partial charge is 0.127 e.